The maximum atomic E-state index is 12.6. The van der Waals surface area contributed by atoms with Crippen LogP contribution in [0.25, 0.3) is 11.0 Å². The van der Waals surface area contributed by atoms with Gasteiger partial charge in [0.05, 0.1) is 24.0 Å². The number of carbonyl (C=O) groups excluding carboxylic acids is 2. The number of benzene rings is 1. The van der Waals surface area contributed by atoms with Gasteiger partial charge in [-0.15, -0.1) is 5.10 Å². The molecule has 0 aliphatic heterocycles. The minimum atomic E-state index is -0.518. The van der Waals surface area contributed by atoms with Crippen molar-refractivity contribution in [2.24, 2.45) is 7.05 Å². The number of esters is 1. The number of rotatable bonds is 8. The molecule has 1 aromatic carbocycles. The summed E-state index contributed by atoms with van der Waals surface area (Å²) < 4.78 is 12.6. The normalized spacial score (nSPS) is 12.1. The van der Waals surface area contributed by atoms with Crippen molar-refractivity contribution in [1.82, 2.24) is 20.1 Å². The van der Waals surface area contributed by atoms with Gasteiger partial charge in [0.15, 0.2) is 12.3 Å². The fraction of sp³-hybridized carbons (Fsp3) is 0.391. The standard InChI is InChI=1S/C23H28N4O4/c1-14(2)31-20(29)12-18(17-9-7-6-8-10-17)25-19(28)13-30-23-21-15(3)11-16(4)24-22(21)27(5)26-23/h6-11,14,18H,12-13H2,1-5H3,(H,25,28). The van der Waals surface area contributed by atoms with Gasteiger partial charge in [0.1, 0.15) is 0 Å². The van der Waals surface area contributed by atoms with Gasteiger partial charge in [-0.3, -0.25) is 9.59 Å². The molecule has 8 nitrogen and oxygen atoms in total. The smallest absolute Gasteiger partial charge is 0.308 e. The van der Waals surface area contributed by atoms with E-state index in [0.29, 0.717) is 11.5 Å². The Labute approximate surface area is 181 Å². The summed E-state index contributed by atoms with van der Waals surface area (Å²) in [6.45, 7) is 7.22. The third kappa shape index (κ3) is 5.59. The Morgan fingerprint density at radius 3 is 2.55 bits per heavy atom. The monoisotopic (exact) mass is 424 g/mol. The molecule has 0 bridgehead atoms. The number of pyridine rings is 1. The molecule has 164 valence electrons. The summed E-state index contributed by atoms with van der Waals surface area (Å²) in [5.74, 6) is -0.381. The van der Waals surface area contributed by atoms with Crippen molar-refractivity contribution in [2.75, 3.05) is 6.61 Å². The van der Waals surface area contributed by atoms with Crippen molar-refractivity contribution in [3.8, 4) is 5.88 Å². The number of nitrogens with zero attached hydrogens (tertiary/aromatic N) is 3. The lowest BCUT2D eigenvalue weighted by Gasteiger charge is -2.19. The van der Waals surface area contributed by atoms with E-state index < -0.39 is 6.04 Å². The van der Waals surface area contributed by atoms with E-state index >= 15 is 0 Å². The Morgan fingerprint density at radius 2 is 1.87 bits per heavy atom. The zero-order valence-electron chi connectivity index (χ0n) is 18.5. The first-order valence-corrected chi connectivity index (χ1v) is 10.2. The first-order chi connectivity index (χ1) is 14.7. The van der Waals surface area contributed by atoms with Crippen molar-refractivity contribution in [2.45, 2.75) is 46.3 Å². The average molecular weight is 425 g/mol. The molecule has 0 saturated carbocycles. The van der Waals surface area contributed by atoms with E-state index in [2.05, 4.69) is 15.4 Å². The third-order valence-electron chi connectivity index (χ3n) is 4.70. The first-order valence-electron chi connectivity index (χ1n) is 10.2. The van der Waals surface area contributed by atoms with Gasteiger partial charge in [-0.25, -0.2) is 9.67 Å². The molecule has 0 saturated heterocycles. The molecule has 1 atom stereocenters. The number of nitrogens with one attached hydrogen (secondary N) is 1. The molecule has 1 unspecified atom stereocenters. The maximum Gasteiger partial charge on any atom is 0.308 e. The molecule has 2 heterocycles. The summed E-state index contributed by atoms with van der Waals surface area (Å²) >= 11 is 0. The fourth-order valence-corrected chi connectivity index (χ4v) is 3.44. The molecule has 1 amide bonds. The molecule has 3 aromatic rings. The van der Waals surface area contributed by atoms with E-state index in [1.165, 1.54) is 0 Å². The molecule has 0 fully saturated rings. The lowest BCUT2D eigenvalue weighted by Crippen LogP contribution is -2.34. The lowest BCUT2D eigenvalue weighted by molar-refractivity contribution is -0.148. The van der Waals surface area contributed by atoms with E-state index in [1.54, 1.807) is 25.6 Å². The number of ether oxygens (including phenoxy) is 2. The molecule has 3 rings (SSSR count). The van der Waals surface area contributed by atoms with Crippen LogP contribution >= 0.6 is 0 Å². The van der Waals surface area contributed by atoms with Crippen LogP contribution in [0.3, 0.4) is 0 Å². The van der Waals surface area contributed by atoms with Crippen molar-refractivity contribution < 1.29 is 19.1 Å². The number of fused-ring (bicyclic) bond motifs is 1. The number of hydrogen-bond donors (Lipinski definition) is 1. The van der Waals surface area contributed by atoms with Crippen molar-refractivity contribution in [1.29, 1.82) is 0 Å². The largest absolute Gasteiger partial charge is 0.466 e. The Bertz CT molecular complexity index is 1080. The second kappa shape index (κ2) is 9.59. The minimum absolute atomic E-state index is 0.0305. The molecule has 0 radical (unpaired) electrons. The zero-order chi connectivity index (χ0) is 22.5. The van der Waals surface area contributed by atoms with Gasteiger partial charge in [-0.2, -0.15) is 0 Å². The van der Waals surface area contributed by atoms with Gasteiger partial charge in [0.2, 0.25) is 5.88 Å². The molecule has 1 N–H and O–H groups in total. The van der Waals surface area contributed by atoms with Crippen LogP contribution in [-0.2, 0) is 21.4 Å². The van der Waals surface area contributed by atoms with Crippen LogP contribution < -0.4 is 10.1 Å². The van der Waals surface area contributed by atoms with Crippen molar-refractivity contribution in [3.05, 3.63) is 53.2 Å². The number of carbonyl (C=O) groups is 2. The van der Waals surface area contributed by atoms with Crippen molar-refractivity contribution >= 4 is 22.9 Å². The van der Waals surface area contributed by atoms with Crippen LogP contribution in [0.15, 0.2) is 36.4 Å². The van der Waals surface area contributed by atoms with Crippen LogP contribution in [0.2, 0.25) is 0 Å². The second-order valence-electron chi connectivity index (χ2n) is 7.77. The van der Waals surface area contributed by atoms with Gasteiger partial charge < -0.3 is 14.8 Å². The summed E-state index contributed by atoms with van der Waals surface area (Å²) in [7, 11) is 1.78. The second-order valence-corrected chi connectivity index (χ2v) is 7.77. The molecular formula is C23H28N4O4. The topological polar surface area (TPSA) is 95.3 Å². The average Bonchev–Trinajstić information content (AvgIpc) is 3.02. The van der Waals surface area contributed by atoms with E-state index in [-0.39, 0.29) is 31.0 Å². The summed E-state index contributed by atoms with van der Waals surface area (Å²) in [5, 5.41) is 8.01. The fourth-order valence-electron chi connectivity index (χ4n) is 3.44. The van der Waals surface area contributed by atoms with Gasteiger partial charge in [-0.05, 0) is 44.9 Å². The number of hydrogen-bond acceptors (Lipinski definition) is 6. The highest BCUT2D eigenvalue weighted by Crippen LogP contribution is 2.27. The Kier molecular flexibility index (Phi) is 6.89. The van der Waals surface area contributed by atoms with Gasteiger partial charge in [0.25, 0.3) is 5.91 Å². The van der Waals surface area contributed by atoms with Gasteiger partial charge in [-0.1, -0.05) is 30.3 Å². The Morgan fingerprint density at radius 1 is 1.16 bits per heavy atom. The molecule has 0 spiro atoms. The number of aryl methyl sites for hydroxylation is 3. The minimum Gasteiger partial charge on any atom is -0.466 e. The first kappa shape index (κ1) is 22.3. The highest BCUT2D eigenvalue weighted by Gasteiger charge is 2.21. The van der Waals surface area contributed by atoms with Gasteiger partial charge >= 0.3 is 5.97 Å². The van der Waals surface area contributed by atoms with Crippen LogP contribution in [0, 0.1) is 13.8 Å². The molecule has 0 aliphatic rings. The number of amides is 1. The van der Waals surface area contributed by atoms with Crippen LogP contribution in [-0.4, -0.2) is 39.4 Å². The molecular weight excluding hydrogens is 396 g/mol. The third-order valence-corrected chi connectivity index (χ3v) is 4.70. The summed E-state index contributed by atoms with van der Waals surface area (Å²) in [4.78, 5) is 29.3. The quantitative estimate of drug-likeness (QED) is 0.558. The molecule has 2 aromatic heterocycles. The van der Waals surface area contributed by atoms with E-state index in [1.807, 2.05) is 50.2 Å². The van der Waals surface area contributed by atoms with Crippen LogP contribution in [0.1, 0.15) is 43.1 Å². The SMILES string of the molecule is Cc1cc(C)c2c(OCC(=O)NC(CC(=O)OC(C)C)c3ccccc3)nn(C)c2n1. The predicted molar refractivity (Wildman–Crippen MR) is 117 cm³/mol. The summed E-state index contributed by atoms with van der Waals surface area (Å²) in [5.41, 5.74) is 3.38. The Hall–Kier alpha value is -3.42. The summed E-state index contributed by atoms with van der Waals surface area (Å²) in [6.07, 6.45) is -0.191. The zero-order valence-corrected chi connectivity index (χ0v) is 18.5. The Balaban J connectivity index is 1.71. The highest BCUT2D eigenvalue weighted by molar-refractivity contribution is 5.86. The highest BCUT2D eigenvalue weighted by atomic mass is 16.5. The number of aromatic nitrogens is 3. The maximum absolute atomic E-state index is 12.6. The van der Waals surface area contributed by atoms with E-state index in [4.69, 9.17) is 9.47 Å². The van der Waals surface area contributed by atoms with Crippen LogP contribution in [0.5, 0.6) is 5.88 Å². The van der Waals surface area contributed by atoms with E-state index in [0.717, 1.165) is 22.2 Å². The molecule has 8 heteroatoms. The van der Waals surface area contributed by atoms with Crippen molar-refractivity contribution in [3.63, 3.8) is 0 Å². The molecule has 0 aliphatic carbocycles. The van der Waals surface area contributed by atoms with E-state index in [9.17, 15) is 9.59 Å². The predicted octanol–water partition coefficient (Wildman–Crippen LogP) is 3.16. The molecule has 31 heavy (non-hydrogen) atoms. The van der Waals surface area contributed by atoms with Crippen LogP contribution in [0.4, 0.5) is 0 Å². The summed E-state index contributed by atoms with van der Waals surface area (Å²) in [6, 6.07) is 10.7. The lowest BCUT2D eigenvalue weighted by atomic mass is 10.0. The van der Waals surface area contributed by atoms with Gasteiger partial charge in [0, 0.05) is 12.7 Å².